The molecule has 0 radical (unpaired) electrons. The summed E-state index contributed by atoms with van der Waals surface area (Å²) in [7, 11) is 0. The van der Waals surface area contributed by atoms with Gasteiger partial charge in [-0.05, 0) is 29.1 Å². The summed E-state index contributed by atoms with van der Waals surface area (Å²) in [4.78, 5) is 0.719. The van der Waals surface area contributed by atoms with E-state index in [9.17, 15) is 18.4 Å². The highest BCUT2D eigenvalue weighted by Gasteiger charge is 2.36. The van der Waals surface area contributed by atoms with Gasteiger partial charge in [0.25, 0.3) is 0 Å². The van der Waals surface area contributed by atoms with Crippen LogP contribution in [0.3, 0.4) is 0 Å². The third kappa shape index (κ3) is 2.56. The lowest BCUT2D eigenvalue weighted by Gasteiger charge is -2.11. The molecule has 3 heterocycles. The van der Waals surface area contributed by atoms with Crippen LogP contribution in [0.15, 0.2) is 24.7 Å². The number of hydrogen-bond donors (Lipinski definition) is 0. The Hall–Kier alpha value is -2.14. The van der Waals surface area contributed by atoms with Crippen molar-refractivity contribution in [3.8, 4) is 21.0 Å². The molecule has 108 valence electrons. The summed E-state index contributed by atoms with van der Waals surface area (Å²) in [6.45, 7) is 0. The molecule has 0 saturated carbocycles. The Morgan fingerprint density at radius 1 is 1.05 bits per heavy atom. The van der Waals surface area contributed by atoms with Crippen LogP contribution in [-0.2, 0) is 6.18 Å². The number of pyridine rings is 1. The molecule has 0 bridgehead atoms. The summed E-state index contributed by atoms with van der Waals surface area (Å²) in [6.07, 6.45) is -1.51. The molecule has 0 N–H and O–H groups in total. The second kappa shape index (κ2) is 5.00. The van der Waals surface area contributed by atoms with Crippen LogP contribution in [0.1, 0.15) is 5.56 Å². The zero-order valence-corrected chi connectivity index (χ0v) is 11.5. The molecule has 0 spiro atoms. The SMILES string of the molecule is [O-][n+]1cc(C(F)(F)F)cc(-c2cnns2)c1-c1cnns1. The largest absolute Gasteiger partial charge is 0.618 e. The molecule has 0 saturated heterocycles. The average Bonchev–Trinajstić information content (AvgIpc) is 3.10. The minimum atomic E-state index is -4.62. The van der Waals surface area contributed by atoms with Gasteiger partial charge in [-0.3, -0.25) is 0 Å². The van der Waals surface area contributed by atoms with E-state index in [0.29, 0.717) is 16.0 Å². The van der Waals surface area contributed by atoms with Gasteiger partial charge in [-0.1, -0.05) is 8.98 Å². The molecule has 0 aliphatic rings. The Bertz CT molecular complexity index is 758. The maximum Gasteiger partial charge on any atom is 0.422 e. The van der Waals surface area contributed by atoms with Gasteiger partial charge in [0.15, 0.2) is 6.20 Å². The maximum absolute atomic E-state index is 12.9. The molecule has 3 rings (SSSR count). The van der Waals surface area contributed by atoms with E-state index in [1.807, 2.05) is 0 Å². The van der Waals surface area contributed by atoms with Crippen molar-refractivity contribution in [2.75, 3.05) is 0 Å². The minimum absolute atomic E-state index is 0.0454. The highest BCUT2D eigenvalue weighted by Crippen LogP contribution is 2.36. The van der Waals surface area contributed by atoms with E-state index in [4.69, 9.17) is 0 Å². The van der Waals surface area contributed by atoms with Crippen LogP contribution in [0, 0.1) is 5.21 Å². The Morgan fingerprint density at radius 2 is 1.67 bits per heavy atom. The topological polar surface area (TPSA) is 78.5 Å². The lowest BCUT2D eigenvalue weighted by Crippen LogP contribution is -2.31. The van der Waals surface area contributed by atoms with E-state index in [1.54, 1.807) is 0 Å². The molecular weight excluding hydrogens is 327 g/mol. The van der Waals surface area contributed by atoms with E-state index in [-0.39, 0.29) is 16.0 Å². The molecule has 3 aromatic heterocycles. The van der Waals surface area contributed by atoms with Crippen molar-refractivity contribution in [1.82, 2.24) is 19.2 Å². The van der Waals surface area contributed by atoms with Crippen LogP contribution in [0.25, 0.3) is 21.0 Å². The molecule has 0 atom stereocenters. The number of hydrogen-bond acceptors (Lipinski definition) is 7. The van der Waals surface area contributed by atoms with Gasteiger partial charge in [-0.2, -0.15) is 17.9 Å². The Balaban J connectivity index is 2.29. The van der Waals surface area contributed by atoms with Crippen LogP contribution < -0.4 is 4.73 Å². The van der Waals surface area contributed by atoms with Gasteiger partial charge in [0.1, 0.15) is 10.4 Å². The van der Waals surface area contributed by atoms with Gasteiger partial charge < -0.3 is 5.21 Å². The summed E-state index contributed by atoms with van der Waals surface area (Å²) in [5.41, 5.74) is -0.896. The van der Waals surface area contributed by atoms with E-state index >= 15 is 0 Å². The molecule has 21 heavy (non-hydrogen) atoms. The van der Waals surface area contributed by atoms with Gasteiger partial charge in [0.2, 0.25) is 5.69 Å². The number of rotatable bonds is 2. The summed E-state index contributed by atoms with van der Waals surface area (Å²) in [5, 5.41) is 19.2. The fourth-order valence-corrected chi connectivity index (χ4v) is 2.81. The van der Waals surface area contributed by atoms with Crippen LogP contribution in [0.2, 0.25) is 0 Å². The normalized spacial score (nSPS) is 11.8. The molecule has 3 aromatic rings. The third-order valence-corrected chi connectivity index (χ3v) is 3.95. The monoisotopic (exact) mass is 331 g/mol. The van der Waals surface area contributed by atoms with E-state index < -0.39 is 11.7 Å². The first-order valence-electron chi connectivity index (χ1n) is 5.36. The smallest absolute Gasteiger partial charge is 0.422 e. The highest BCUT2D eigenvalue weighted by atomic mass is 32.1. The van der Waals surface area contributed by atoms with Crippen molar-refractivity contribution in [1.29, 1.82) is 0 Å². The molecule has 0 aromatic carbocycles. The fraction of sp³-hybridized carbons (Fsp3) is 0.100. The van der Waals surface area contributed by atoms with Gasteiger partial charge in [-0.25, -0.2) is 0 Å². The van der Waals surface area contributed by atoms with Gasteiger partial charge >= 0.3 is 6.18 Å². The zero-order chi connectivity index (χ0) is 15.0. The van der Waals surface area contributed by atoms with Crippen molar-refractivity contribution >= 4 is 23.1 Å². The fourth-order valence-electron chi connectivity index (χ4n) is 1.71. The highest BCUT2D eigenvalue weighted by molar-refractivity contribution is 7.10. The number of halogens is 3. The average molecular weight is 331 g/mol. The van der Waals surface area contributed by atoms with Gasteiger partial charge in [-0.15, -0.1) is 10.2 Å². The first-order chi connectivity index (χ1) is 9.97. The first kappa shape index (κ1) is 13.8. The molecule has 11 heteroatoms. The molecule has 6 nitrogen and oxygen atoms in total. The lowest BCUT2D eigenvalue weighted by molar-refractivity contribution is -0.594. The van der Waals surface area contributed by atoms with Gasteiger partial charge in [0.05, 0.1) is 22.8 Å². The molecular formula is C10H4F3N5OS2. The molecule has 0 unspecified atom stereocenters. The molecule has 0 aliphatic heterocycles. The van der Waals surface area contributed by atoms with Crippen LogP contribution in [0.5, 0.6) is 0 Å². The molecule has 0 aliphatic carbocycles. The van der Waals surface area contributed by atoms with Crippen LogP contribution >= 0.6 is 23.1 Å². The van der Waals surface area contributed by atoms with Crippen LogP contribution in [0.4, 0.5) is 13.2 Å². The van der Waals surface area contributed by atoms with E-state index in [1.165, 1.54) is 12.4 Å². The molecule has 0 amide bonds. The number of nitrogens with zero attached hydrogens (tertiary/aromatic N) is 5. The third-order valence-electron chi connectivity index (χ3n) is 2.58. The van der Waals surface area contributed by atoms with Crippen molar-refractivity contribution in [2.45, 2.75) is 6.18 Å². The lowest BCUT2D eigenvalue weighted by atomic mass is 10.1. The standard InChI is InChI=1S/C10H4F3N5OS2/c11-10(12,13)5-1-6(7-2-14-16-20-7)9(18(19)4-5)8-3-15-17-21-8/h1-4H. The second-order valence-corrected chi connectivity index (χ2v) is 5.45. The van der Waals surface area contributed by atoms with Crippen molar-refractivity contribution < 1.29 is 17.9 Å². The Kier molecular flexibility index (Phi) is 3.29. The predicted octanol–water partition coefficient (Wildman–Crippen LogP) is 2.38. The summed E-state index contributed by atoms with van der Waals surface area (Å²) < 4.78 is 46.0. The van der Waals surface area contributed by atoms with E-state index in [0.717, 1.165) is 29.1 Å². The van der Waals surface area contributed by atoms with Crippen molar-refractivity contribution in [2.24, 2.45) is 0 Å². The van der Waals surface area contributed by atoms with Gasteiger partial charge in [0, 0.05) is 0 Å². The minimum Gasteiger partial charge on any atom is -0.618 e. The van der Waals surface area contributed by atoms with Crippen molar-refractivity contribution in [3.63, 3.8) is 0 Å². The maximum atomic E-state index is 12.9. The predicted molar refractivity (Wildman–Crippen MR) is 68.2 cm³/mol. The number of aromatic nitrogens is 5. The zero-order valence-electron chi connectivity index (χ0n) is 9.90. The summed E-state index contributed by atoms with van der Waals surface area (Å²) in [5.74, 6) is 0. The number of alkyl halides is 3. The first-order valence-corrected chi connectivity index (χ1v) is 6.91. The molecule has 0 fully saturated rings. The quantitative estimate of drug-likeness (QED) is 0.532. The van der Waals surface area contributed by atoms with Crippen LogP contribution in [-0.4, -0.2) is 19.2 Å². The van der Waals surface area contributed by atoms with E-state index in [2.05, 4.69) is 19.2 Å². The Labute approximate surface area is 123 Å². The second-order valence-electron chi connectivity index (χ2n) is 3.88. The Morgan fingerprint density at radius 3 is 2.19 bits per heavy atom. The summed E-state index contributed by atoms with van der Waals surface area (Å²) >= 11 is 1.81. The van der Waals surface area contributed by atoms with Crippen molar-refractivity contribution in [3.05, 3.63) is 35.4 Å². The summed E-state index contributed by atoms with van der Waals surface area (Å²) in [6, 6.07) is 0.901.